The molecule has 1 N–H and O–H groups in total. The van der Waals surface area contributed by atoms with Crippen molar-refractivity contribution in [3.63, 3.8) is 0 Å². The SMILES string of the molecule is C=C[C@@H]1CN2CC[C@H]1C[C@H]2[C@H](O)c1cnc2ccccc2c1. The average molecular weight is 294 g/mol. The van der Waals surface area contributed by atoms with Gasteiger partial charge < -0.3 is 5.11 Å². The molecule has 0 radical (unpaired) electrons. The second-order valence-electron chi connectivity index (χ2n) is 6.65. The van der Waals surface area contributed by atoms with E-state index in [-0.39, 0.29) is 6.04 Å². The van der Waals surface area contributed by atoms with Gasteiger partial charge in [0.05, 0.1) is 11.6 Å². The molecule has 3 heteroatoms. The topological polar surface area (TPSA) is 36.4 Å². The standard InChI is InChI=1S/C19H22N2O/c1-2-13-12-21-8-7-14(13)10-18(21)19(22)16-9-15-5-3-4-6-17(15)20-11-16/h2-6,9,11,13-14,18-19,22H,1,7-8,10,12H2/t13-,14+,18+,19-/m1/s1. The first-order valence-corrected chi connectivity index (χ1v) is 8.15. The number of piperidine rings is 3. The van der Waals surface area contributed by atoms with Gasteiger partial charge in [-0.3, -0.25) is 9.88 Å². The first-order chi connectivity index (χ1) is 10.8. The Balaban J connectivity index is 1.61. The highest BCUT2D eigenvalue weighted by atomic mass is 16.3. The molecule has 2 bridgehead atoms. The molecule has 0 aliphatic carbocycles. The van der Waals surface area contributed by atoms with Gasteiger partial charge in [0.25, 0.3) is 0 Å². The number of fused-ring (bicyclic) bond motifs is 4. The van der Waals surface area contributed by atoms with Crippen LogP contribution in [0.1, 0.15) is 24.5 Å². The van der Waals surface area contributed by atoms with E-state index in [4.69, 9.17) is 0 Å². The molecular weight excluding hydrogens is 272 g/mol. The second-order valence-corrected chi connectivity index (χ2v) is 6.65. The third kappa shape index (κ3) is 2.25. The van der Waals surface area contributed by atoms with Crippen LogP contribution in [-0.2, 0) is 0 Å². The maximum Gasteiger partial charge on any atom is 0.0960 e. The van der Waals surface area contributed by atoms with Crippen molar-refractivity contribution in [2.24, 2.45) is 11.8 Å². The van der Waals surface area contributed by atoms with Gasteiger partial charge in [0.15, 0.2) is 0 Å². The number of para-hydroxylation sites is 1. The molecule has 3 aliphatic rings. The van der Waals surface area contributed by atoms with Crippen LogP contribution in [0.4, 0.5) is 0 Å². The molecule has 0 spiro atoms. The maximum atomic E-state index is 10.9. The van der Waals surface area contributed by atoms with Gasteiger partial charge in [-0.2, -0.15) is 0 Å². The molecule has 1 aromatic heterocycles. The van der Waals surface area contributed by atoms with Crippen molar-refractivity contribution in [2.75, 3.05) is 13.1 Å². The number of aromatic nitrogens is 1. The van der Waals surface area contributed by atoms with Crippen LogP contribution in [0.2, 0.25) is 0 Å². The number of aliphatic hydroxyl groups is 1. The van der Waals surface area contributed by atoms with Gasteiger partial charge in [-0.15, -0.1) is 6.58 Å². The highest BCUT2D eigenvalue weighted by Gasteiger charge is 2.42. The molecule has 0 amide bonds. The summed E-state index contributed by atoms with van der Waals surface area (Å²) in [5.41, 5.74) is 1.92. The Morgan fingerprint density at radius 3 is 3.00 bits per heavy atom. The normalized spacial score (nSPS) is 32.0. The lowest BCUT2D eigenvalue weighted by Crippen LogP contribution is -2.54. The van der Waals surface area contributed by atoms with Gasteiger partial charge in [0.2, 0.25) is 0 Å². The van der Waals surface area contributed by atoms with Gasteiger partial charge in [-0.05, 0) is 43.4 Å². The van der Waals surface area contributed by atoms with Gasteiger partial charge in [0.1, 0.15) is 0 Å². The second kappa shape index (κ2) is 5.49. The van der Waals surface area contributed by atoms with Crippen molar-refractivity contribution < 1.29 is 5.11 Å². The minimum Gasteiger partial charge on any atom is -0.387 e. The number of hydrogen-bond donors (Lipinski definition) is 1. The number of rotatable bonds is 3. The zero-order valence-electron chi connectivity index (χ0n) is 12.7. The number of pyridine rings is 1. The summed E-state index contributed by atoms with van der Waals surface area (Å²) in [5.74, 6) is 1.27. The molecule has 1 unspecified atom stereocenters. The molecule has 2 aromatic rings. The number of nitrogens with zero attached hydrogens (tertiary/aromatic N) is 2. The molecule has 3 aliphatic heterocycles. The van der Waals surface area contributed by atoms with Crippen LogP contribution < -0.4 is 0 Å². The van der Waals surface area contributed by atoms with E-state index < -0.39 is 6.10 Å². The lowest BCUT2D eigenvalue weighted by molar-refractivity contribution is -0.0449. The molecule has 3 fully saturated rings. The lowest BCUT2D eigenvalue weighted by atomic mass is 9.74. The van der Waals surface area contributed by atoms with Crippen LogP contribution in [0.3, 0.4) is 0 Å². The fourth-order valence-corrected chi connectivity index (χ4v) is 4.18. The Morgan fingerprint density at radius 2 is 2.23 bits per heavy atom. The molecule has 0 saturated carbocycles. The predicted octanol–water partition coefficient (Wildman–Crippen LogP) is 3.16. The Hall–Kier alpha value is -1.71. The van der Waals surface area contributed by atoms with E-state index in [2.05, 4.69) is 34.7 Å². The van der Waals surface area contributed by atoms with Crippen LogP contribution in [0.25, 0.3) is 10.9 Å². The van der Waals surface area contributed by atoms with Crippen molar-refractivity contribution in [1.29, 1.82) is 0 Å². The van der Waals surface area contributed by atoms with Crippen molar-refractivity contribution in [3.05, 3.63) is 54.7 Å². The molecule has 1 aromatic carbocycles. The van der Waals surface area contributed by atoms with Crippen LogP contribution in [-0.4, -0.2) is 34.1 Å². The van der Waals surface area contributed by atoms with E-state index in [1.807, 2.05) is 24.4 Å². The van der Waals surface area contributed by atoms with E-state index in [9.17, 15) is 5.11 Å². The summed E-state index contributed by atoms with van der Waals surface area (Å²) in [6, 6.07) is 10.4. The monoisotopic (exact) mass is 294 g/mol. The number of aliphatic hydroxyl groups excluding tert-OH is 1. The van der Waals surface area contributed by atoms with Crippen LogP contribution in [0.5, 0.6) is 0 Å². The Morgan fingerprint density at radius 1 is 1.36 bits per heavy atom. The third-order valence-electron chi connectivity index (χ3n) is 5.47. The highest BCUT2D eigenvalue weighted by molar-refractivity contribution is 5.78. The Kier molecular flexibility index (Phi) is 3.47. The Bertz CT molecular complexity index is 699. The summed E-state index contributed by atoms with van der Waals surface area (Å²) in [6.07, 6.45) is 5.77. The minimum atomic E-state index is -0.453. The van der Waals surface area contributed by atoms with Crippen LogP contribution in [0.15, 0.2) is 49.2 Å². The quantitative estimate of drug-likeness (QED) is 0.883. The molecule has 114 valence electrons. The fraction of sp³-hybridized carbons (Fsp3) is 0.421. The average Bonchev–Trinajstić information content (AvgIpc) is 2.60. The minimum absolute atomic E-state index is 0.220. The van der Waals surface area contributed by atoms with Crippen molar-refractivity contribution >= 4 is 10.9 Å². The van der Waals surface area contributed by atoms with Crippen molar-refractivity contribution in [1.82, 2.24) is 9.88 Å². The van der Waals surface area contributed by atoms with Crippen molar-refractivity contribution in [3.8, 4) is 0 Å². The summed E-state index contributed by atoms with van der Waals surface area (Å²) in [7, 11) is 0. The highest BCUT2D eigenvalue weighted by Crippen LogP contribution is 2.41. The molecule has 5 rings (SSSR count). The summed E-state index contributed by atoms with van der Waals surface area (Å²) >= 11 is 0. The zero-order chi connectivity index (χ0) is 15.1. The summed E-state index contributed by atoms with van der Waals surface area (Å²) in [4.78, 5) is 6.93. The largest absolute Gasteiger partial charge is 0.387 e. The first kappa shape index (κ1) is 13.9. The van der Waals surface area contributed by atoms with E-state index in [1.165, 1.54) is 6.42 Å². The van der Waals surface area contributed by atoms with Gasteiger partial charge in [0, 0.05) is 29.7 Å². The summed E-state index contributed by atoms with van der Waals surface area (Å²) in [6.45, 7) is 6.10. The van der Waals surface area contributed by atoms with E-state index in [0.29, 0.717) is 11.8 Å². The van der Waals surface area contributed by atoms with Crippen LogP contribution >= 0.6 is 0 Å². The number of benzene rings is 1. The smallest absolute Gasteiger partial charge is 0.0960 e. The molecule has 22 heavy (non-hydrogen) atoms. The maximum absolute atomic E-state index is 10.9. The molecule has 4 heterocycles. The van der Waals surface area contributed by atoms with E-state index >= 15 is 0 Å². The molecular formula is C19H22N2O. The molecule has 3 saturated heterocycles. The Labute approximate surface area is 131 Å². The van der Waals surface area contributed by atoms with Gasteiger partial charge in [-0.25, -0.2) is 0 Å². The summed E-state index contributed by atoms with van der Waals surface area (Å²) in [5, 5.41) is 12.0. The molecule has 3 nitrogen and oxygen atoms in total. The molecule has 5 atom stereocenters. The summed E-state index contributed by atoms with van der Waals surface area (Å²) < 4.78 is 0. The lowest BCUT2D eigenvalue weighted by Gasteiger charge is -2.50. The van der Waals surface area contributed by atoms with Gasteiger partial charge in [-0.1, -0.05) is 24.3 Å². The first-order valence-electron chi connectivity index (χ1n) is 8.15. The van der Waals surface area contributed by atoms with Crippen molar-refractivity contribution in [2.45, 2.75) is 25.0 Å². The van der Waals surface area contributed by atoms with Gasteiger partial charge >= 0.3 is 0 Å². The van der Waals surface area contributed by atoms with Crippen LogP contribution in [0, 0.1) is 11.8 Å². The van der Waals surface area contributed by atoms with E-state index in [1.54, 1.807) is 0 Å². The fourth-order valence-electron chi connectivity index (χ4n) is 4.18. The van der Waals surface area contributed by atoms with E-state index in [0.717, 1.165) is 36.0 Å². The predicted molar refractivity (Wildman–Crippen MR) is 88.5 cm³/mol. The zero-order valence-corrected chi connectivity index (χ0v) is 12.7. The third-order valence-corrected chi connectivity index (χ3v) is 5.47. The number of hydrogen-bond acceptors (Lipinski definition) is 3.